The van der Waals surface area contributed by atoms with Crippen molar-refractivity contribution in [3.8, 4) is 0 Å². The minimum atomic E-state index is -0.0979. The van der Waals surface area contributed by atoms with Crippen LogP contribution in [0.2, 0.25) is 0 Å². The van der Waals surface area contributed by atoms with E-state index in [0.29, 0.717) is 0 Å². The number of halogens is 1. The number of hydrogen-bond acceptors (Lipinski definition) is 5. The molecule has 0 bridgehead atoms. The Morgan fingerprint density at radius 2 is 1.81 bits per heavy atom. The molecule has 0 atom stereocenters. The third-order valence-electron chi connectivity index (χ3n) is 5.67. The summed E-state index contributed by atoms with van der Waals surface area (Å²) in [7, 11) is 3.52. The smallest absolute Gasteiger partial charge is 0.308 e. The van der Waals surface area contributed by atoms with Crippen LogP contribution in [-0.4, -0.2) is 40.9 Å². The van der Waals surface area contributed by atoms with Gasteiger partial charge in [-0.1, -0.05) is 30.3 Å². The van der Waals surface area contributed by atoms with Crippen molar-refractivity contribution in [2.75, 3.05) is 25.1 Å². The molecule has 2 fully saturated rings. The largest absolute Gasteiger partial charge is 0.469 e. The van der Waals surface area contributed by atoms with Crippen molar-refractivity contribution >= 4 is 24.3 Å². The molecular formula is C19H25ClN4O2. The molecule has 26 heavy (non-hydrogen) atoms. The van der Waals surface area contributed by atoms with E-state index in [2.05, 4.69) is 51.0 Å². The lowest BCUT2D eigenvalue weighted by Crippen LogP contribution is -2.38. The fourth-order valence-corrected chi connectivity index (χ4v) is 4.02. The molecule has 0 amide bonds. The van der Waals surface area contributed by atoms with Crippen LogP contribution >= 0.6 is 12.4 Å². The van der Waals surface area contributed by atoms with Crippen molar-refractivity contribution in [2.45, 2.75) is 31.1 Å². The number of methoxy groups -OCH3 is 1. The minimum absolute atomic E-state index is 0. The molecule has 6 nitrogen and oxygen atoms in total. The first-order valence-electron chi connectivity index (χ1n) is 8.94. The van der Waals surface area contributed by atoms with Gasteiger partial charge in [0.05, 0.1) is 18.4 Å². The Morgan fingerprint density at radius 1 is 1.15 bits per heavy atom. The molecule has 0 N–H and O–H groups in total. The monoisotopic (exact) mass is 376 g/mol. The van der Waals surface area contributed by atoms with Crippen LogP contribution in [0.15, 0.2) is 30.3 Å². The predicted molar refractivity (Wildman–Crippen MR) is 102 cm³/mol. The molecule has 1 saturated heterocycles. The Hall–Kier alpha value is -2.08. The van der Waals surface area contributed by atoms with E-state index in [1.807, 2.05) is 6.07 Å². The highest BCUT2D eigenvalue weighted by Crippen LogP contribution is 2.52. The highest BCUT2D eigenvalue weighted by molar-refractivity contribution is 5.85. The third-order valence-corrected chi connectivity index (χ3v) is 5.67. The Labute approximate surface area is 160 Å². The Kier molecular flexibility index (Phi) is 5.23. The summed E-state index contributed by atoms with van der Waals surface area (Å²) in [6, 6.07) is 10.6. The zero-order chi connectivity index (χ0) is 17.4. The van der Waals surface area contributed by atoms with E-state index in [1.54, 1.807) is 0 Å². The lowest BCUT2D eigenvalue weighted by Gasteiger charge is -2.31. The summed E-state index contributed by atoms with van der Waals surface area (Å²) in [5.41, 5.74) is 1.34. The van der Waals surface area contributed by atoms with Crippen LogP contribution < -0.4 is 4.90 Å². The first-order valence-corrected chi connectivity index (χ1v) is 8.94. The average molecular weight is 377 g/mol. The first-order chi connectivity index (χ1) is 12.2. The van der Waals surface area contributed by atoms with Crippen LogP contribution in [0, 0.1) is 5.92 Å². The van der Waals surface area contributed by atoms with Gasteiger partial charge in [-0.05, 0) is 31.2 Å². The van der Waals surface area contributed by atoms with Crippen LogP contribution in [0.25, 0.3) is 0 Å². The van der Waals surface area contributed by atoms with Crippen molar-refractivity contribution in [2.24, 2.45) is 13.0 Å². The van der Waals surface area contributed by atoms with E-state index in [4.69, 9.17) is 4.74 Å². The van der Waals surface area contributed by atoms with Gasteiger partial charge >= 0.3 is 5.97 Å². The molecule has 1 aliphatic heterocycles. The number of hydrogen-bond donors (Lipinski definition) is 0. The van der Waals surface area contributed by atoms with Crippen molar-refractivity contribution < 1.29 is 9.53 Å². The molecule has 1 aromatic carbocycles. The lowest BCUT2D eigenvalue weighted by atomic mass is 9.95. The van der Waals surface area contributed by atoms with Crippen LogP contribution in [0.5, 0.6) is 0 Å². The van der Waals surface area contributed by atoms with Crippen molar-refractivity contribution in [1.82, 2.24) is 14.8 Å². The fourth-order valence-electron chi connectivity index (χ4n) is 4.02. The number of rotatable bonds is 4. The second-order valence-electron chi connectivity index (χ2n) is 7.12. The van der Waals surface area contributed by atoms with Gasteiger partial charge < -0.3 is 9.64 Å². The molecule has 1 aliphatic carbocycles. The summed E-state index contributed by atoms with van der Waals surface area (Å²) in [6.07, 6.45) is 3.85. The van der Waals surface area contributed by atoms with Gasteiger partial charge in [0.25, 0.3) is 0 Å². The van der Waals surface area contributed by atoms with Crippen LogP contribution in [0.3, 0.4) is 0 Å². The van der Waals surface area contributed by atoms with Gasteiger partial charge in [0.2, 0.25) is 5.95 Å². The van der Waals surface area contributed by atoms with Crippen LogP contribution in [0.4, 0.5) is 5.95 Å². The fraction of sp³-hybridized carbons (Fsp3) is 0.526. The topological polar surface area (TPSA) is 60.2 Å². The summed E-state index contributed by atoms with van der Waals surface area (Å²) in [4.78, 5) is 13.9. The number of carbonyl (C=O) groups is 1. The molecule has 2 aromatic rings. The van der Waals surface area contributed by atoms with Gasteiger partial charge in [-0.2, -0.15) is 0 Å². The number of benzene rings is 1. The zero-order valence-electron chi connectivity index (χ0n) is 15.2. The molecule has 7 heteroatoms. The number of piperidine rings is 1. The number of anilines is 1. The van der Waals surface area contributed by atoms with Crippen LogP contribution in [0.1, 0.15) is 37.1 Å². The minimum Gasteiger partial charge on any atom is -0.469 e. The summed E-state index contributed by atoms with van der Waals surface area (Å²) in [6.45, 7) is 1.62. The van der Waals surface area contributed by atoms with E-state index >= 15 is 0 Å². The summed E-state index contributed by atoms with van der Waals surface area (Å²) in [5.74, 6) is 1.86. The summed E-state index contributed by atoms with van der Waals surface area (Å²) in [5, 5.41) is 9.04. The molecule has 0 unspecified atom stereocenters. The predicted octanol–water partition coefficient (Wildman–Crippen LogP) is 2.71. The molecular weight excluding hydrogens is 352 g/mol. The van der Waals surface area contributed by atoms with E-state index in [9.17, 15) is 4.79 Å². The molecule has 2 heterocycles. The van der Waals surface area contributed by atoms with Crippen molar-refractivity contribution in [1.29, 1.82) is 0 Å². The molecule has 2 aliphatic rings. The number of carbonyl (C=O) groups excluding carboxylic acids is 1. The number of ether oxygens (including phenoxy) is 1. The van der Waals surface area contributed by atoms with Gasteiger partial charge in [0.1, 0.15) is 5.82 Å². The lowest BCUT2D eigenvalue weighted by molar-refractivity contribution is -0.146. The van der Waals surface area contributed by atoms with Crippen LogP contribution in [-0.2, 0) is 22.0 Å². The van der Waals surface area contributed by atoms with Crippen molar-refractivity contribution in [3.63, 3.8) is 0 Å². The van der Waals surface area contributed by atoms with E-state index in [-0.39, 0.29) is 29.7 Å². The quantitative estimate of drug-likeness (QED) is 0.768. The molecule has 140 valence electrons. The maximum absolute atomic E-state index is 11.7. The molecule has 0 radical (unpaired) electrons. The summed E-state index contributed by atoms with van der Waals surface area (Å²) < 4.78 is 7.01. The molecule has 4 rings (SSSR count). The third kappa shape index (κ3) is 3.07. The number of esters is 1. The van der Waals surface area contributed by atoms with Crippen molar-refractivity contribution in [3.05, 3.63) is 41.7 Å². The maximum Gasteiger partial charge on any atom is 0.308 e. The molecule has 1 aromatic heterocycles. The van der Waals surface area contributed by atoms with Gasteiger partial charge in [-0.25, -0.2) is 0 Å². The second-order valence-corrected chi connectivity index (χ2v) is 7.12. The average Bonchev–Trinajstić information content (AvgIpc) is 3.38. The molecule has 0 spiro atoms. The van der Waals surface area contributed by atoms with Gasteiger partial charge in [0, 0.05) is 20.1 Å². The Balaban J connectivity index is 0.00000196. The highest BCUT2D eigenvalue weighted by Gasteiger charge is 2.50. The highest BCUT2D eigenvalue weighted by atomic mass is 35.5. The second kappa shape index (κ2) is 7.27. The zero-order valence-corrected chi connectivity index (χ0v) is 16.0. The Bertz CT molecular complexity index is 765. The molecule has 1 saturated carbocycles. The first kappa shape index (κ1) is 18.7. The standard InChI is InChI=1S/C19H24N4O2.ClH/c1-22-17(19(10-11-19)15-6-4-3-5-7-15)20-21-18(22)23-12-8-14(9-13-23)16(24)25-2;/h3-7,14H,8-13H2,1-2H3;1H. The van der Waals surface area contributed by atoms with E-state index in [0.717, 1.165) is 50.5 Å². The number of aromatic nitrogens is 3. The maximum atomic E-state index is 11.7. The van der Waals surface area contributed by atoms with E-state index < -0.39 is 0 Å². The Morgan fingerprint density at radius 3 is 2.38 bits per heavy atom. The summed E-state index contributed by atoms with van der Waals surface area (Å²) >= 11 is 0. The van der Waals surface area contributed by atoms with Gasteiger partial charge in [-0.3, -0.25) is 9.36 Å². The van der Waals surface area contributed by atoms with E-state index in [1.165, 1.54) is 12.7 Å². The SMILES string of the molecule is COC(=O)C1CCN(c2nnc(C3(c4ccccc4)CC3)n2C)CC1.Cl. The normalized spacial score (nSPS) is 18.9. The number of nitrogens with zero attached hydrogens (tertiary/aromatic N) is 4. The van der Waals surface area contributed by atoms with Gasteiger partial charge in [0.15, 0.2) is 0 Å². The van der Waals surface area contributed by atoms with Gasteiger partial charge in [-0.15, -0.1) is 22.6 Å².